The van der Waals surface area contributed by atoms with E-state index in [1.807, 2.05) is 35.7 Å². The Morgan fingerprint density at radius 3 is 2.23 bits per heavy atom. The minimum Gasteiger partial charge on any atom is -0.375 e. The number of rotatable bonds is 11. The highest BCUT2D eigenvalue weighted by molar-refractivity contribution is 7.88. The van der Waals surface area contributed by atoms with Crippen molar-refractivity contribution in [3.05, 3.63) is 41.4 Å². The van der Waals surface area contributed by atoms with E-state index >= 15 is 0 Å². The molecule has 0 radical (unpaired) electrons. The Kier molecular flexibility index (Phi) is 9.89. The fourth-order valence-corrected chi connectivity index (χ4v) is 3.65. The molecule has 1 atom stereocenters. The van der Waals surface area contributed by atoms with Gasteiger partial charge in [-0.3, -0.25) is 0 Å². The minimum atomic E-state index is -1.05. The van der Waals surface area contributed by atoms with Crippen LogP contribution >= 0.6 is 0 Å². The second-order valence-electron chi connectivity index (χ2n) is 5.56. The van der Waals surface area contributed by atoms with E-state index in [-0.39, 0.29) is 0 Å². The van der Waals surface area contributed by atoms with Gasteiger partial charge in [-0.1, -0.05) is 50.8 Å². The molecule has 0 bridgehead atoms. The highest BCUT2D eigenvalue weighted by atomic mass is 32.2. The fourth-order valence-electron chi connectivity index (χ4n) is 2.58. The second-order valence-corrected chi connectivity index (χ2v) is 6.86. The summed E-state index contributed by atoms with van der Waals surface area (Å²) in [7, 11) is -1.05. The van der Waals surface area contributed by atoms with E-state index < -0.39 is 10.8 Å². The first-order valence-electron chi connectivity index (χ1n) is 8.64. The van der Waals surface area contributed by atoms with Crippen LogP contribution < -0.4 is 0 Å². The maximum Gasteiger partial charge on any atom is 0.0793 e. The van der Waals surface area contributed by atoms with E-state index in [0.717, 1.165) is 24.4 Å². The van der Waals surface area contributed by atoms with Gasteiger partial charge >= 0.3 is 0 Å². The zero-order valence-electron chi connectivity index (χ0n) is 14.4. The summed E-state index contributed by atoms with van der Waals surface area (Å²) in [6, 6.07) is 9.73. The molecule has 1 aromatic carbocycles. The first-order valence-corrected chi connectivity index (χ1v) is 9.85. The Bertz CT molecular complexity index is 452. The summed E-state index contributed by atoms with van der Waals surface area (Å²) in [6.45, 7) is 8.52. The summed E-state index contributed by atoms with van der Waals surface area (Å²) in [5, 5.41) is 1.96. The monoisotopic (exact) mass is 321 g/mol. The van der Waals surface area contributed by atoms with Crippen LogP contribution in [0.2, 0.25) is 0 Å². The first-order chi connectivity index (χ1) is 10.7. The van der Waals surface area contributed by atoms with Crippen molar-refractivity contribution < 1.29 is 4.21 Å². The van der Waals surface area contributed by atoms with E-state index in [9.17, 15) is 4.21 Å². The van der Waals surface area contributed by atoms with Crippen molar-refractivity contribution in [2.45, 2.75) is 64.2 Å². The smallest absolute Gasteiger partial charge is 0.0793 e. The highest BCUT2D eigenvalue weighted by Crippen LogP contribution is 2.18. The summed E-state index contributed by atoms with van der Waals surface area (Å²) < 4.78 is 12.5. The molecular weight excluding hydrogens is 290 g/mol. The van der Waals surface area contributed by atoms with Gasteiger partial charge in [-0.2, -0.15) is 0 Å². The Hall–Kier alpha value is -1.09. The van der Waals surface area contributed by atoms with Crippen LogP contribution in [0.4, 0.5) is 0 Å². The van der Waals surface area contributed by atoms with Crippen molar-refractivity contribution >= 4 is 10.8 Å². The van der Waals surface area contributed by atoms with E-state index in [0.29, 0.717) is 0 Å². The van der Waals surface area contributed by atoms with Crippen molar-refractivity contribution in [1.82, 2.24) is 4.90 Å². The molecule has 0 aromatic heterocycles. The van der Waals surface area contributed by atoms with Crippen LogP contribution in [0, 0.1) is 0 Å². The molecule has 124 valence electrons. The molecule has 1 rings (SSSR count). The molecule has 0 aliphatic heterocycles. The molecule has 0 saturated carbocycles. The van der Waals surface area contributed by atoms with Crippen LogP contribution in [-0.4, -0.2) is 22.2 Å². The second kappa shape index (κ2) is 11.5. The lowest BCUT2D eigenvalue weighted by Gasteiger charge is -2.24. The SMILES string of the molecule is CCCCCCC/C(=C\S(=O)c1ccccc1)N(CC)CC. The normalized spacial score (nSPS) is 13.1. The molecule has 0 amide bonds. The first kappa shape index (κ1) is 19.0. The van der Waals surface area contributed by atoms with Gasteiger partial charge in [0.2, 0.25) is 0 Å². The predicted molar refractivity (Wildman–Crippen MR) is 97.2 cm³/mol. The van der Waals surface area contributed by atoms with Gasteiger partial charge in [0.1, 0.15) is 0 Å². The van der Waals surface area contributed by atoms with Crippen molar-refractivity contribution in [2.24, 2.45) is 0 Å². The zero-order valence-corrected chi connectivity index (χ0v) is 15.2. The molecular formula is C19H31NOS. The van der Waals surface area contributed by atoms with Crippen molar-refractivity contribution in [3.8, 4) is 0 Å². The number of hydrogen-bond donors (Lipinski definition) is 0. The third-order valence-corrected chi connectivity index (χ3v) is 5.15. The quantitative estimate of drug-likeness (QED) is 0.513. The average Bonchev–Trinajstić information content (AvgIpc) is 2.56. The van der Waals surface area contributed by atoms with Gasteiger partial charge in [0.15, 0.2) is 0 Å². The van der Waals surface area contributed by atoms with Crippen LogP contribution in [0.3, 0.4) is 0 Å². The predicted octanol–water partition coefficient (Wildman–Crippen LogP) is 5.34. The van der Waals surface area contributed by atoms with Gasteiger partial charge in [0.25, 0.3) is 0 Å². The molecule has 0 aliphatic rings. The van der Waals surface area contributed by atoms with Crippen LogP contribution in [0.1, 0.15) is 59.3 Å². The third-order valence-electron chi connectivity index (χ3n) is 3.92. The molecule has 0 heterocycles. The standard InChI is InChI=1S/C19H31NOS/c1-4-7-8-9-11-14-18(20(5-2)6-3)17-22(21)19-15-12-10-13-16-19/h10,12-13,15-17H,4-9,11,14H2,1-3H3/b18-17+. The topological polar surface area (TPSA) is 20.3 Å². The lowest BCUT2D eigenvalue weighted by atomic mass is 10.1. The number of benzene rings is 1. The molecule has 0 fully saturated rings. The molecule has 1 aromatic rings. The lowest BCUT2D eigenvalue weighted by molar-refractivity contribution is 0.364. The molecule has 22 heavy (non-hydrogen) atoms. The lowest BCUT2D eigenvalue weighted by Crippen LogP contribution is -2.22. The summed E-state index contributed by atoms with van der Waals surface area (Å²) in [6.07, 6.45) is 7.39. The van der Waals surface area contributed by atoms with Crippen LogP contribution in [-0.2, 0) is 10.8 Å². The van der Waals surface area contributed by atoms with Crippen LogP contribution in [0.25, 0.3) is 0 Å². The van der Waals surface area contributed by atoms with Gasteiger partial charge in [-0.15, -0.1) is 0 Å². The molecule has 2 nitrogen and oxygen atoms in total. The number of allylic oxidation sites excluding steroid dienone is 1. The van der Waals surface area contributed by atoms with E-state index in [1.165, 1.54) is 37.8 Å². The Morgan fingerprint density at radius 2 is 1.64 bits per heavy atom. The Labute approximate surface area is 139 Å². The van der Waals surface area contributed by atoms with Crippen molar-refractivity contribution in [2.75, 3.05) is 13.1 Å². The number of unbranched alkanes of at least 4 members (excludes halogenated alkanes) is 4. The Balaban J connectivity index is 2.72. The van der Waals surface area contributed by atoms with Gasteiger partial charge in [-0.05, 0) is 38.8 Å². The third kappa shape index (κ3) is 6.78. The van der Waals surface area contributed by atoms with Crippen LogP contribution in [0.5, 0.6) is 0 Å². The maximum atomic E-state index is 12.5. The van der Waals surface area contributed by atoms with Crippen molar-refractivity contribution in [1.29, 1.82) is 0 Å². The van der Waals surface area contributed by atoms with Crippen LogP contribution in [0.15, 0.2) is 46.3 Å². The number of hydrogen-bond acceptors (Lipinski definition) is 2. The highest BCUT2D eigenvalue weighted by Gasteiger charge is 2.09. The zero-order chi connectivity index (χ0) is 16.2. The average molecular weight is 322 g/mol. The maximum absolute atomic E-state index is 12.5. The van der Waals surface area contributed by atoms with E-state index in [4.69, 9.17) is 0 Å². The molecule has 0 saturated heterocycles. The summed E-state index contributed by atoms with van der Waals surface area (Å²) in [5.74, 6) is 0. The summed E-state index contributed by atoms with van der Waals surface area (Å²) >= 11 is 0. The fraction of sp³-hybridized carbons (Fsp3) is 0.579. The van der Waals surface area contributed by atoms with Gasteiger partial charge in [0, 0.05) is 29.1 Å². The van der Waals surface area contributed by atoms with Gasteiger partial charge in [-0.25, -0.2) is 4.21 Å². The summed E-state index contributed by atoms with van der Waals surface area (Å²) in [4.78, 5) is 3.22. The molecule has 1 unspecified atom stereocenters. The number of nitrogens with zero attached hydrogens (tertiary/aromatic N) is 1. The van der Waals surface area contributed by atoms with Gasteiger partial charge < -0.3 is 4.90 Å². The minimum absolute atomic E-state index is 0.887. The molecule has 0 N–H and O–H groups in total. The van der Waals surface area contributed by atoms with E-state index in [1.54, 1.807) is 0 Å². The summed E-state index contributed by atoms with van der Waals surface area (Å²) in [5.41, 5.74) is 1.24. The Morgan fingerprint density at radius 1 is 1.00 bits per heavy atom. The molecule has 0 aliphatic carbocycles. The largest absolute Gasteiger partial charge is 0.375 e. The van der Waals surface area contributed by atoms with Gasteiger partial charge in [0.05, 0.1) is 10.8 Å². The molecule has 0 spiro atoms. The molecule has 3 heteroatoms. The van der Waals surface area contributed by atoms with E-state index in [2.05, 4.69) is 25.7 Å². The van der Waals surface area contributed by atoms with Crippen molar-refractivity contribution in [3.63, 3.8) is 0 Å².